The van der Waals surface area contributed by atoms with Crippen LogP contribution in [0.1, 0.15) is 43.0 Å². The van der Waals surface area contributed by atoms with Gasteiger partial charge in [0, 0.05) is 27.9 Å². The maximum atomic E-state index is 12.5. The summed E-state index contributed by atoms with van der Waals surface area (Å²) in [6, 6.07) is 39.0. The van der Waals surface area contributed by atoms with Crippen LogP contribution in [-0.2, 0) is 92.9 Å². The minimum atomic E-state index is -1.31. The van der Waals surface area contributed by atoms with E-state index in [0.29, 0.717) is 6.61 Å². The maximum Gasteiger partial charge on any atom is 0.303 e. The lowest BCUT2D eigenvalue weighted by atomic mass is 9.98. The number of ether oxygens (including phenoxy) is 11. The van der Waals surface area contributed by atoms with Crippen LogP contribution in [0.4, 0.5) is 0 Å². The molecule has 2 saturated heterocycles. The zero-order chi connectivity index (χ0) is 43.0. The number of hydrogen-bond acceptors (Lipinski definition) is 14. The van der Waals surface area contributed by atoms with Crippen LogP contribution in [0, 0.1) is 0 Å². The zero-order valence-electron chi connectivity index (χ0n) is 34.8. The Morgan fingerprint density at radius 2 is 0.967 bits per heavy atom. The standard InChI is InChI=1S/C47H54O14/c1-31(48)57-41-39(60-46(51-4)45(59-33(3)50)43(41)58-32(2)49)30-56-47-44(55-28-37-23-15-8-16-24-37)42(54-27-36-21-13-7-14-22-36)40(61-47)38(53-26-35-19-11-6-12-20-35)29-52-25-34-17-9-5-10-18-34/h5-24,38-47H,25-30H2,1-4H3/t38-,39-,40-,41-,42+,43+,44+,45-,46+,47?/m1/s1. The lowest BCUT2D eigenvalue weighted by Crippen LogP contribution is -2.62. The molecule has 326 valence electrons. The molecule has 61 heavy (non-hydrogen) atoms. The molecule has 2 fully saturated rings. The number of carbonyl (C=O) groups excluding carboxylic acids is 3. The first-order chi connectivity index (χ1) is 29.7. The summed E-state index contributed by atoms with van der Waals surface area (Å²) in [4.78, 5) is 37.1. The maximum absolute atomic E-state index is 12.5. The van der Waals surface area contributed by atoms with E-state index >= 15 is 0 Å². The van der Waals surface area contributed by atoms with E-state index in [4.69, 9.17) is 52.1 Å². The summed E-state index contributed by atoms with van der Waals surface area (Å²) in [7, 11) is 1.35. The van der Waals surface area contributed by atoms with Crippen LogP contribution >= 0.6 is 0 Å². The molecular formula is C47H54O14. The molecule has 0 saturated carbocycles. The van der Waals surface area contributed by atoms with Crippen molar-refractivity contribution in [3.63, 3.8) is 0 Å². The van der Waals surface area contributed by atoms with E-state index in [1.54, 1.807) is 0 Å². The van der Waals surface area contributed by atoms with Gasteiger partial charge in [0.25, 0.3) is 0 Å². The van der Waals surface area contributed by atoms with Gasteiger partial charge in [-0.15, -0.1) is 0 Å². The lowest BCUT2D eigenvalue weighted by Gasteiger charge is -2.44. The Kier molecular flexibility index (Phi) is 17.3. The molecule has 2 heterocycles. The zero-order valence-corrected chi connectivity index (χ0v) is 34.8. The highest BCUT2D eigenvalue weighted by atomic mass is 16.8. The van der Waals surface area contributed by atoms with Gasteiger partial charge in [-0.3, -0.25) is 14.4 Å². The Balaban J connectivity index is 1.32. The lowest BCUT2D eigenvalue weighted by molar-refractivity contribution is -0.311. The molecule has 1 unspecified atom stereocenters. The van der Waals surface area contributed by atoms with Crippen molar-refractivity contribution in [1.82, 2.24) is 0 Å². The van der Waals surface area contributed by atoms with Crippen molar-refractivity contribution in [3.8, 4) is 0 Å². The summed E-state index contributed by atoms with van der Waals surface area (Å²) in [5.74, 6) is -2.09. The fourth-order valence-electron chi connectivity index (χ4n) is 7.23. The third-order valence-electron chi connectivity index (χ3n) is 10.00. The number of esters is 3. The van der Waals surface area contributed by atoms with E-state index < -0.39 is 79.3 Å². The van der Waals surface area contributed by atoms with Crippen molar-refractivity contribution >= 4 is 17.9 Å². The third-order valence-corrected chi connectivity index (χ3v) is 10.00. The van der Waals surface area contributed by atoms with Gasteiger partial charge in [0.1, 0.15) is 30.5 Å². The Bertz CT molecular complexity index is 1920. The Morgan fingerprint density at radius 3 is 1.48 bits per heavy atom. The van der Waals surface area contributed by atoms with Crippen molar-refractivity contribution in [2.45, 2.75) is 109 Å². The second kappa shape index (κ2) is 23.3. The number of methoxy groups -OCH3 is 1. The molecule has 0 aromatic heterocycles. The first-order valence-electron chi connectivity index (χ1n) is 20.2. The van der Waals surface area contributed by atoms with Crippen molar-refractivity contribution in [2.24, 2.45) is 0 Å². The summed E-state index contributed by atoms with van der Waals surface area (Å²) in [6.07, 6.45) is -10.4. The van der Waals surface area contributed by atoms with Crippen LogP contribution in [0.15, 0.2) is 121 Å². The molecule has 10 atom stereocenters. The topological polar surface area (TPSA) is 153 Å². The average Bonchev–Trinajstić information content (AvgIpc) is 3.61. The number of carbonyl (C=O) groups is 3. The smallest absolute Gasteiger partial charge is 0.303 e. The molecule has 0 radical (unpaired) electrons. The van der Waals surface area contributed by atoms with Crippen molar-refractivity contribution in [3.05, 3.63) is 144 Å². The highest BCUT2D eigenvalue weighted by molar-refractivity contribution is 5.68. The number of hydrogen-bond donors (Lipinski definition) is 0. The minimum absolute atomic E-state index is 0.132. The van der Waals surface area contributed by atoms with Gasteiger partial charge in [0.2, 0.25) is 0 Å². The molecule has 14 heteroatoms. The van der Waals surface area contributed by atoms with Crippen molar-refractivity contribution in [1.29, 1.82) is 0 Å². The summed E-state index contributed by atoms with van der Waals surface area (Å²) in [6.45, 7) is 4.43. The number of benzene rings is 4. The molecule has 2 aliphatic rings. The van der Waals surface area contributed by atoms with Gasteiger partial charge >= 0.3 is 17.9 Å². The Labute approximate surface area is 356 Å². The van der Waals surface area contributed by atoms with Crippen molar-refractivity contribution in [2.75, 3.05) is 20.3 Å². The minimum Gasteiger partial charge on any atom is -0.456 e. The van der Waals surface area contributed by atoms with E-state index in [0.717, 1.165) is 22.3 Å². The molecule has 0 amide bonds. The van der Waals surface area contributed by atoms with Crippen LogP contribution < -0.4 is 0 Å². The fraction of sp³-hybridized carbons (Fsp3) is 0.426. The van der Waals surface area contributed by atoms with Gasteiger partial charge in [-0.05, 0) is 22.3 Å². The van der Waals surface area contributed by atoms with Gasteiger partial charge < -0.3 is 52.1 Å². The first-order valence-corrected chi connectivity index (χ1v) is 20.2. The average molecular weight is 843 g/mol. The van der Waals surface area contributed by atoms with Crippen LogP contribution in [0.5, 0.6) is 0 Å². The van der Waals surface area contributed by atoms with E-state index in [-0.39, 0.29) is 33.0 Å². The van der Waals surface area contributed by atoms with Crippen LogP contribution in [0.25, 0.3) is 0 Å². The van der Waals surface area contributed by atoms with Gasteiger partial charge in [-0.2, -0.15) is 0 Å². The fourth-order valence-corrected chi connectivity index (χ4v) is 7.23. The van der Waals surface area contributed by atoms with Crippen LogP contribution in [0.2, 0.25) is 0 Å². The molecule has 14 nitrogen and oxygen atoms in total. The molecule has 4 aromatic carbocycles. The largest absolute Gasteiger partial charge is 0.456 e. The predicted molar refractivity (Wildman–Crippen MR) is 218 cm³/mol. The predicted octanol–water partition coefficient (Wildman–Crippen LogP) is 5.87. The van der Waals surface area contributed by atoms with Gasteiger partial charge in [-0.25, -0.2) is 0 Å². The Morgan fingerprint density at radius 1 is 0.508 bits per heavy atom. The first kappa shape index (κ1) is 45.5. The summed E-state index contributed by atoms with van der Waals surface area (Å²) < 4.78 is 68.3. The molecule has 4 aromatic rings. The number of rotatable bonds is 21. The summed E-state index contributed by atoms with van der Waals surface area (Å²) in [5.41, 5.74) is 3.78. The van der Waals surface area contributed by atoms with Crippen LogP contribution in [0.3, 0.4) is 0 Å². The third kappa shape index (κ3) is 13.5. The molecular weight excluding hydrogens is 789 g/mol. The molecule has 0 bridgehead atoms. The highest BCUT2D eigenvalue weighted by Crippen LogP contribution is 2.35. The monoisotopic (exact) mass is 842 g/mol. The van der Waals surface area contributed by atoms with Gasteiger partial charge in [-0.1, -0.05) is 121 Å². The van der Waals surface area contributed by atoms with E-state index in [2.05, 4.69) is 0 Å². The van der Waals surface area contributed by atoms with E-state index in [9.17, 15) is 14.4 Å². The summed E-state index contributed by atoms with van der Waals surface area (Å²) >= 11 is 0. The molecule has 2 aliphatic heterocycles. The Hall–Kier alpha value is -5.03. The summed E-state index contributed by atoms with van der Waals surface area (Å²) in [5, 5.41) is 0. The van der Waals surface area contributed by atoms with E-state index in [1.807, 2.05) is 121 Å². The quantitative estimate of drug-likeness (QED) is 0.0727. The normalized spacial score (nSPS) is 25.3. The van der Waals surface area contributed by atoms with Gasteiger partial charge in [0.05, 0.1) is 39.6 Å². The molecule has 0 aliphatic carbocycles. The van der Waals surface area contributed by atoms with Crippen molar-refractivity contribution < 1.29 is 66.5 Å². The second-order valence-electron chi connectivity index (χ2n) is 14.7. The van der Waals surface area contributed by atoms with Gasteiger partial charge in [0.15, 0.2) is 30.9 Å². The molecule has 6 rings (SSSR count). The van der Waals surface area contributed by atoms with E-state index in [1.165, 1.54) is 27.9 Å². The van der Waals surface area contributed by atoms with Crippen LogP contribution in [-0.4, -0.2) is 99.6 Å². The SMILES string of the molecule is CO[C@H]1O[C@H](COC2O[C@H]([C@@H](COCc3ccccc3)OCc3ccccc3)[C@H](OCc3ccccc3)[C@@H]2OCc2ccccc2)[C@@H](OC(C)=O)[C@H](OC(C)=O)[C@H]1OC(C)=O. The molecule has 0 N–H and O–H groups in total. The highest BCUT2D eigenvalue weighted by Gasteiger charge is 2.54. The molecule has 0 spiro atoms. The second-order valence-corrected chi connectivity index (χ2v) is 14.7.